The van der Waals surface area contributed by atoms with Gasteiger partial charge >= 0.3 is 0 Å². The van der Waals surface area contributed by atoms with Crippen molar-refractivity contribution in [2.24, 2.45) is 0 Å². The number of phenolic OH excluding ortho intramolecular Hbond substituents is 1. The quantitative estimate of drug-likeness (QED) is 0.790. The molecule has 0 atom stereocenters. The Morgan fingerprint density at radius 2 is 2.21 bits per heavy atom. The Balaban J connectivity index is 1.49. The van der Waals surface area contributed by atoms with E-state index in [1.165, 1.54) is 11.1 Å². The number of pyridine rings is 1. The van der Waals surface area contributed by atoms with Gasteiger partial charge in [-0.15, -0.1) is 11.3 Å². The summed E-state index contributed by atoms with van der Waals surface area (Å²) in [5.41, 5.74) is 5.60. The molecular weight excluding hydrogens is 318 g/mol. The summed E-state index contributed by atoms with van der Waals surface area (Å²) in [6.45, 7) is 4.73. The van der Waals surface area contributed by atoms with Gasteiger partial charge in [0.2, 0.25) is 0 Å². The summed E-state index contributed by atoms with van der Waals surface area (Å²) in [6, 6.07) is 8.01. The summed E-state index contributed by atoms with van der Waals surface area (Å²) in [6.07, 6.45) is 4.61. The first kappa shape index (κ1) is 15.3. The van der Waals surface area contributed by atoms with E-state index >= 15 is 0 Å². The molecule has 0 radical (unpaired) electrons. The molecule has 0 amide bonds. The number of aromatic hydroxyl groups is 1. The zero-order valence-corrected chi connectivity index (χ0v) is 14.4. The minimum atomic E-state index is 0.406. The molecule has 0 aliphatic carbocycles. The van der Waals surface area contributed by atoms with Gasteiger partial charge in [-0.05, 0) is 48.2 Å². The number of hydrogen-bond donors (Lipinski definition) is 1. The molecule has 3 aromatic rings. The van der Waals surface area contributed by atoms with Crippen molar-refractivity contribution >= 4 is 11.3 Å². The van der Waals surface area contributed by atoms with Crippen LogP contribution in [-0.2, 0) is 19.5 Å². The third-order valence-corrected chi connectivity index (χ3v) is 5.31. The predicted molar refractivity (Wildman–Crippen MR) is 96.0 cm³/mol. The Morgan fingerprint density at radius 3 is 3.04 bits per heavy atom. The Hall–Kier alpha value is -2.24. The number of phenols is 1. The van der Waals surface area contributed by atoms with Crippen molar-refractivity contribution in [2.75, 3.05) is 6.54 Å². The fourth-order valence-electron chi connectivity index (χ4n) is 3.13. The van der Waals surface area contributed by atoms with E-state index < -0.39 is 0 Å². The van der Waals surface area contributed by atoms with Gasteiger partial charge in [0.25, 0.3) is 0 Å². The molecule has 4 rings (SSSR count). The topological polar surface area (TPSA) is 49.2 Å². The van der Waals surface area contributed by atoms with Crippen LogP contribution in [0.25, 0.3) is 11.3 Å². The number of aryl methyl sites for hydroxylation is 1. The Bertz CT molecular complexity index is 860. The second kappa shape index (κ2) is 6.34. The number of rotatable bonds is 3. The van der Waals surface area contributed by atoms with Crippen molar-refractivity contribution in [2.45, 2.75) is 26.4 Å². The van der Waals surface area contributed by atoms with Gasteiger partial charge in [-0.1, -0.05) is 6.07 Å². The molecule has 0 saturated heterocycles. The zero-order valence-electron chi connectivity index (χ0n) is 13.6. The summed E-state index contributed by atoms with van der Waals surface area (Å²) in [5.74, 6) is 0.406. The van der Waals surface area contributed by atoms with Crippen molar-refractivity contribution in [3.05, 3.63) is 63.7 Å². The lowest BCUT2D eigenvalue weighted by Crippen LogP contribution is -2.30. The van der Waals surface area contributed by atoms with Gasteiger partial charge in [-0.25, -0.2) is 4.98 Å². The molecule has 0 unspecified atom stereocenters. The highest BCUT2D eigenvalue weighted by Gasteiger charge is 2.19. The van der Waals surface area contributed by atoms with Crippen molar-refractivity contribution in [1.29, 1.82) is 0 Å². The highest BCUT2D eigenvalue weighted by Crippen LogP contribution is 2.28. The van der Waals surface area contributed by atoms with Crippen LogP contribution < -0.4 is 0 Å². The third-order valence-electron chi connectivity index (χ3n) is 4.48. The van der Waals surface area contributed by atoms with Crippen LogP contribution in [0.3, 0.4) is 0 Å². The second-order valence-electron chi connectivity index (χ2n) is 6.24. The first-order valence-electron chi connectivity index (χ1n) is 8.07. The molecule has 1 aliphatic heterocycles. The molecule has 3 heterocycles. The standard InChI is InChI=1S/C19H19N3OS/c1-13-7-16-10-22(6-4-14(16)8-18(13)23)11-19-21-17(12-24-19)15-3-2-5-20-9-15/h2-3,5,7-9,12,23H,4,6,10-11H2,1H3. The van der Waals surface area contributed by atoms with Gasteiger partial charge in [-0.2, -0.15) is 0 Å². The van der Waals surface area contributed by atoms with E-state index in [0.717, 1.165) is 47.9 Å². The molecule has 0 fully saturated rings. The van der Waals surface area contributed by atoms with E-state index in [1.54, 1.807) is 17.5 Å². The van der Waals surface area contributed by atoms with E-state index in [1.807, 2.05) is 31.3 Å². The maximum absolute atomic E-state index is 9.86. The maximum Gasteiger partial charge on any atom is 0.118 e. The molecule has 4 nitrogen and oxygen atoms in total. The first-order chi connectivity index (χ1) is 11.7. The van der Waals surface area contributed by atoms with Gasteiger partial charge in [0.1, 0.15) is 10.8 Å². The van der Waals surface area contributed by atoms with E-state index in [9.17, 15) is 5.11 Å². The normalized spacial score (nSPS) is 14.5. The van der Waals surface area contributed by atoms with Crippen LogP contribution in [-0.4, -0.2) is 26.5 Å². The molecule has 1 aromatic carbocycles. The molecule has 5 heteroatoms. The zero-order chi connectivity index (χ0) is 16.5. The van der Waals surface area contributed by atoms with Crippen molar-refractivity contribution in [3.63, 3.8) is 0 Å². The lowest BCUT2D eigenvalue weighted by molar-refractivity contribution is 0.245. The summed E-state index contributed by atoms with van der Waals surface area (Å²) in [7, 11) is 0. The molecular formula is C19H19N3OS. The van der Waals surface area contributed by atoms with Crippen LogP contribution >= 0.6 is 11.3 Å². The van der Waals surface area contributed by atoms with Crippen LogP contribution in [0.2, 0.25) is 0 Å². The molecule has 0 spiro atoms. The van der Waals surface area contributed by atoms with Crippen molar-refractivity contribution < 1.29 is 5.11 Å². The highest BCUT2D eigenvalue weighted by molar-refractivity contribution is 7.09. The molecule has 0 bridgehead atoms. The fraction of sp³-hybridized carbons (Fsp3) is 0.263. The molecule has 1 aliphatic rings. The number of hydrogen-bond acceptors (Lipinski definition) is 5. The molecule has 2 aromatic heterocycles. The molecule has 24 heavy (non-hydrogen) atoms. The number of nitrogens with zero attached hydrogens (tertiary/aromatic N) is 3. The Kier molecular flexibility index (Phi) is 4.04. The lowest BCUT2D eigenvalue weighted by Gasteiger charge is -2.28. The van der Waals surface area contributed by atoms with Gasteiger partial charge in [0.15, 0.2) is 0 Å². The molecule has 0 saturated carbocycles. The number of thiazole rings is 1. The number of fused-ring (bicyclic) bond motifs is 1. The van der Waals surface area contributed by atoms with Crippen LogP contribution in [0.5, 0.6) is 5.75 Å². The minimum absolute atomic E-state index is 0.406. The highest BCUT2D eigenvalue weighted by atomic mass is 32.1. The largest absolute Gasteiger partial charge is 0.508 e. The molecule has 122 valence electrons. The van der Waals surface area contributed by atoms with Crippen LogP contribution in [0, 0.1) is 6.92 Å². The fourth-order valence-corrected chi connectivity index (χ4v) is 3.98. The van der Waals surface area contributed by atoms with E-state index in [4.69, 9.17) is 4.98 Å². The minimum Gasteiger partial charge on any atom is -0.508 e. The van der Waals surface area contributed by atoms with Gasteiger partial charge in [0, 0.05) is 36.4 Å². The average molecular weight is 337 g/mol. The third kappa shape index (κ3) is 3.05. The predicted octanol–water partition coefficient (Wildman–Crippen LogP) is 3.78. The van der Waals surface area contributed by atoms with Crippen LogP contribution in [0.1, 0.15) is 21.7 Å². The Morgan fingerprint density at radius 1 is 1.29 bits per heavy atom. The summed E-state index contributed by atoms with van der Waals surface area (Å²) in [5, 5.41) is 13.1. The van der Waals surface area contributed by atoms with Gasteiger partial charge in [-0.3, -0.25) is 9.88 Å². The second-order valence-corrected chi connectivity index (χ2v) is 7.18. The molecule has 1 N–H and O–H groups in total. The number of aromatic nitrogens is 2. The van der Waals surface area contributed by atoms with Crippen LogP contribution in [0.15, 0.2) is 42.0 Å². The summed E-state index contributed by atoms with van der Waals surface area (Å²) in [4.78, 5) is 11.3. The van der Waals surface area contributed by atoms with Gasteiger partial charge < -0.3 is 5.11 Å². The number of benzene rings is 1. The lowest BCUT2D eigenvalue weighted by atomic mass is 9.97. The first-order valence-corrected chi connectivity index (χ1v) is 8.95. The smallest absolute Gasteiger partial charge is 0.118 e. The van der Waals surface area contributed by atoms with E-state index in [2.05, 4.69) is 21.3 Å². The van der Waals surface area contributed by atoms with E-state index in [0.29, 0.717) is 5.75 Å². The summed E-state index contributed by atoms with van der Waals surface area (Å²) >= 11 is 1.70. The Labute approximate surface area is 145 Å². The van der Waals surface area contributed by atoms with Crippen molar-refractivity contribution in [1.82, 2.24) is 14.9 Å². The van der Waals surface area contributed by atoms with E-state index in [-0.39, 0.29) is 0 Å². The van der Waals surface area contributed by atoms with Crippen LogP contribution in [0.4, 0.5) is 0 Å². The monoisotopic (exact) mass is 337 g/mol. The maximum atomic E-state index is 9.86. The summed E-state index contributed by atoms with van der Waals surface area (Å²) < 4.78 is 0. The average Bonchev–Trinajstić information content (AvgIpc) is 3.05. The SMILES string of the molecule is Cc1cc2c(cc1O)CCN(Cc1nc(-c3cccnc3)cs1)C2. The van der Waals surface area contributed by atoms with Crippen molar-refractivity contribution in [3.8, 4) is 17.0 Å². The van der Waals surface area contributed by atoms with Gasteiger partial charge in [0.05, 0.1) is 12.2 Å².